The number of hydrazone groups is 1. The Morgan fingerprint density at radius 2 is 1.92 bits per heavy atom. The lowest BCUT2D eigenvalue weighted by Crippen LogP contribution is -2.26. The van der Waals surface area contributed by atoms with Crippen molar-refractivity contribution in [3.63, 3.8) is 0 Å². The molecule has 0 aliphatic carbocycles. The van der Waals surface area contributed by atoms with E-state index in [1.807, 2.05) is 24.3 Å². The highest BCUT2D eigenvalue weighted by molar-refractivity contribution is 6.01. The molecule has 25 heavy (non-hydrogen) atoms. The number of methoxy groups -OCH3 is 1. The van der Waals surface area contributed by atoms with Crippen LogP contribution in [0.25, 0.3) is 0 Å². The van der Waals surface area contributed by atoms with Crippen molar-refractivity contribution in [1.29, 1.82) is 0 Å². The lowest BCUT2D eigenvalue weighted by atomic mass is 10.2. The Bertz CT molecular complexity index is 763. The van der Waals surface area contributed by atoms with Crippen LogP contribution in [0, 0.1) is 6.92 Å². The molecule has 2 N–H and O–H groups in total. The van der Waals surface area contributed by atoms with Gasteiger partial charge in [-0.2, -0.15) is 5.10 Å². The van der Waals surface area contributed by atoms with Crippen LogP contribution in [-0.4, -0.2) is 24.6 Å². The highest BCUT2D eigenvalue weighted by Crippen LogP contribution is 2.11. The number of aryl methyl sites for hydroxylation is 1. The molecular formula is C18H21N3O4. The van der Waals surface area contributed by atoms with Crippen molar-refractivity contribution in [3.05, 3.63) is 53.5 Å². The van der Waals surface area contributed by atoms with Gasteiger partial charge in [0, 0.05) is 12.3 Å². The summed E-state index contributed by atoms with van der Waals surface area (Å²) in [6, 6.07) is 9.00. The van der Waals surface area contributed by atoms with Crippen molar-refractivity contribution >= 4 is 17.5 Å². The predicted octanol–water partition coefficient (Wildman–Crippen LogP) is 2.41. The van der Waals surface area contributed by atoms with E-state index in [1.54, 1.807) is 27.0 Å². The Hall–Kier alpha value is -3.09. The molecule has 0 atom stereocenters. The lowest BCUT2D eigenvalue weighted by molar-refractivity contribution is -0.120. The molecule has 7 nitrogen and oxygen atoms in total. The van der Waals surface area contributed by atoms with E-state index in [2.05, 4.69) is 15.8 Å². The molecule has 2 aromatic rings. The highest BCUT2D eigenvalue weighted by atomic mass is 16.5. The number of nitrogens with one attached hydrogen (secondary N) is 2. The topological polar surface area (TPSA) is 92.9 Å². The first-order chi connectivity index (χ1) is 12.0. The molecule has 0 bridgehead atoms. The summed E-state index contributed by atoms with van der Waals surface area (Å²) < 4.78 is 10.1. The van der Waals surface area contributed by atoms with E-state index >= 15 is 0 Å². The molecule has 2 rings (SSSR count). The third kappa shape index (κ3) is 5.49. The Balaban J connectivity index is 1.78. The molecule has 0 aliphatic heterocycles. The summed E-state index contributed by atoms with van der Waals surface area (Å²) in [6.45, 7) is 3.78. The van der Waals surface area contributed by atoms with Gasteiger partial charge < -0.3 is 14.5 Å². The van der Waals surface area contributed by atoms with Crippen molar-refractivity contribution in [2.45, 2.75) is 26.8 Å². The summed E-state index contributed by atoms with van der Waals surface area (Å²) in [6.07, 6.45) is 1.54. The first-order valence-electron chi connectivity index (χ1n) is 7.77. The Morgan fingerprint density at radius 3 is 2.52 bits per heavy atom. The molecule has 0 unspecified atom stereocenters. The highest BCUT2D eigenvalue weighted by Gasteiger charge is 2.11. The number of ether oxygens (including phenoxy) is 1. The summed E-state index contributed by atoms with van der Waals surface area (Å²) in [5.41, 5.74) is 4.30. The molecule has 2 amide bonds. The van der Waals surface area contributed by atoms with Crippen molar-refractivity contribution in [1.82, 2.24) is 10.7 Å². The van der Waals surface area contributed by atoms with Crippen molar-refractivity contribution in [2.75, 3.05) is 7.11 Å². The smallest absolute Gasteiger partial charge is 0.274 e. The van der Waals surface area contributed by atoms with Gasteiger partial charge in [0.05, 0.1) is 25.4 Å². The Labute approximate surface area is 146 Å². The second-order valence-corrected chi connectivity index (χ2v) is 5.48. The first kappa shape index (κ1) is 18.3. The average molecular weight is 343 g/mol. The summed E-state index contributed by atoms with van der Waals surface area (Å²) in [5.74, 6) is 0.735. The zero-order valence-electron chi connectivity index (χ0n) is 14.5. The molecule has 0 fully saturated rings. The first-order valence-corrected chi connectivity index (χ1v) is 7.77. The van der Waals surface area contributed by atoms with E-state index in [-0.39, 0.29) is 18.2 Å². The van der Waals surface area contributed by atoms with Crippen LogP contribution < -0.4 is 15.5 Å². The molecule has 0 saturated carbocycles. The van der Waals surface area contributed by atoms with Crippen LogP contribution in [0.1, 0.15) is 35.0 Å². The third-order valence-corrected chi connectivity index (χ3v) is 3.52. The molecule has 0 radical (unpaired) electrons. The molecular weight excluding hydrogens is 322 g/mol. The van der Waals surface area contributed by atoms with E-state index in [0.29, 0.717) is 23.6 Å². The molecule has 1 aromatic carbocycles. The minimum atomic E-state index is -0.371. The second-order valence-electron chi connectivity index (χ2n) is 5.48. The normalized spacial score (nSPS) is 11.1. The minimum Gasteiger partial charge on any atom is -0.497 e. The molecule has 1 aromatic heterocycles. The predicted molar refractivity (Wildman–Crippen MR) is 93.5 cm³/mol. The number of amides is 2. The van der Waals surface area contributed by atoms with Gasteiger partial charge in [-0.25, -0.2) is 5.43 Å². The van der Waals surface area contributed by atoms with Gasteiger partial charge in [-0.15, -0.1) is 0 Å². The average Bonchev–Trinajstić information content (AvgIpc) is 3.04. The van der Waals surface area contributed by atoms with E-state index in [9.17, 15) is 9.59 Å². The SMILES string of the molecule is COc1ccc(CNC(=O)C/C(C)=N/NC(=O)c2ccoc2C)cc1. The molecule has 0 saturated heterocycles. The minimum absolute atomic E-state index is 0.0980. The van der Waals surface area contributed by atoms with Gasteiger partial charge in [-0.1, -0.05) is 12.1 Å². The standard InChI is InChI=1S/C18H21N3O4/c1-12(20-21-18(23)16-8-9-25-13(16)2)10-17(22)19-11-14-4-6-15(24-3)7-5-14/h4-9H,10-11H2,1-3H3,(H,19,22)(H,21,23)/b20-12+. The number of hydrogen-bond donors (Lipinski definition) is 2. The van der Waals surface area contributed by atoms with Crippen LogP contribution in [0.5, 0.6) is 5.75 Å². The Kier molecular flexibility index (Phi) is 6.33. The number of carbonyl (C=O) groups excluding carboxylic acids is 2. The van der Waals surface area contributed by atoms with Gasteiger partial charge in [-0.05, 0) is 37.6 Å². The van der Waals surface area contributed by atoms with Crippen molar-refractivity contribution < 1.29 is 18.7 Å². The maximum atomic E-state index is 11.9. The molecule has 1 heterocycles. The van der Waals surface area contributed by atoms with Gasteiger partial charge in [0.15, 0.2) is 0 Å². The summed E-state index contributed by atoms with van der Waals surface area (Å²) in [5, 5.41) is 6.74. The van der Waals surface area contributed by atoms with Gasteiger partial charge >= 0.3 is 0 Å². The van der Waals surface area contributed by atoms with Crippen LogP contribution in [0.3, 0.4) is 0 Å². The van der Waals surface area contributed by atoms with E-state index in [1.165, 1.54) is 6.26 Å². The van der Waals surface area contributed by atoms with E-state index in [0.717, 1.165) is 11.3 Å². The fourth-order valence-corrected chi connectivity index (χ4v) is 2.11. The van der Waals surface area contributed by atoms with Crippen LogP contribution in [0.15, 0.2) is 46.1 Å². The number of rotatable bonds is 7. The number of furan rings is 1. The molecule has 7 heteroatoms. The zero-order valence-corrected chi connectivity index (χ0v) is 14.5. The van der Waals surface area contributed by atoms with Gasteiger partial charge in [0.2, 0.25) is 5.91 Å². The number of benzene rings is 1. The second kappa shape index (κ2) is 8.68. The maximum absolute atomic E-state index is 11.9. The number of hydrogen-bond acceptors (Lipinski definition) is 5. The lowest BCUT2D eigenvalue weighted by Gasteiger charge is -2.06. The summed E-state index contributed by atoms with van der Waals surface area (Å²) in [7, 11) is 1.60. The maximum Gasteiger partial charge on any atom is 0.274 e. The fraction of sp³-hybridized carbons (Fsp3) is 0.278. The van der Waals surface area contributed by atoms with Crippen molar-refractivity contribution in [2.24, 2.45) is 5.10 Å². The van der Waals surface area contributed by atoms with Crippen LogP contribution in [0.4, 0.5) is 0 Å². The number of carbonyl (C=O) groups is 2. The Morgan fingerprint density at radius 1 is 1.20 bits per heavy atom. The van der Waals surface area contributed by atoms with Gasteiger partial charge in [0.25, 0.3) is 5.91 Å². The molecule has 0 spiro atoms. The van der Waals surface area contributed by atoms with Gasteiger partial charge in [0.1, 0.15) is 11.5 Å². The van der Waals surface area contributed by atoms with Gasteiger partial charge in [-0.3, -0.25) is 9.59 Å². The van der Waals surface area contributed by atoms with Crippen LogP contribution in [0.2, 0.25) is 0 Å². The van der Waals surface area contributed by atoms with Crippen LogP contribution >= 0.6 is 0 Å². The monoisotopic (exact) mass is 343 g/mol. The molecule has 132 valence electrons. The summed E-state index contributed by atoms with van der Waals surface area (Å²) >= 11 is 0. The largest absolute Gasteiger partial charge is 0.497 e. The summed E-state index contributed by atoms with van der Waals surface area (Å²) in [4.78, 5) is 23.8. The quantitative estimate of drug-likeness (QED) is 0.596. The van der Waals surface area contributed by atoms with Crippen LogP contribution in [-0.2, 0) is 11.3 Å². The molecule has 0 aliphatic rings. The zero-order chi connectivity index (χ0) is 18.2. The third-order valence-electron chi connectivity index (χ3n) is 3.52. The fourth-order valence-electron chi connectivity index (χ4n) is 2.11. The van der Waals surface area contributed by atoms with Crippen molar-refractivity contribution in [3.8, 4) is 5.75 Å². The van der Waals surface area contributed by atoms with E-state index in [4.69, 9.17) is 9.15 Å². The van der Waals surface area contributed by atoms with E-state index < -0.39 is 0 Å². The number of nitrogens with zero attached hydrogens (tertiary/aromatic N) is 1.